The summed E-state index contributed by atoms with van der Waals surface area (Å²) in [4.78, 5) is 41.9. The highest BCUT2D eigenvalue weighted by Gasteiger charge is 2.27. The van der Waals surface area contributed by atoms with E-state index in [1.165, 1.54) is 11.8 Å². The maximum Gasteiger partial charge on any atom is 0.348 e. The predicted octanol–water partition coefficient (Wildman–Crippen LogP) is 4.41. The lowest BCUT2D eigenvalue weighted by Gasteiger charge is -2.08. The van der Waals surface area contributed by atoms with Crippen LogP contribution in [0.1, 0.15) is 62.7 Å². The van der Waals surface area contributed by atoms with Gasteiger partial charge in [0.2, 0.25) is 5.91 Å². The van der Waals surface area contributed by atoms with Gasteiger partial charge >= 0.3 is 11.9 Å². The van der Waals surface area contributed by atoms with Gasteiger partial charge in [0.25, 0.3) is 0 Å². The molecule has 0 unspecified atom stereocenters. The zero-order valence-electron chi connectivity index (χ0n) is 18.7. The molecule has 0 atom stereocenters. The number of nitriles is 1. The Hall–Kier alpha value is -2.90. The zero-order valence-corrected chi connectivity index (χ0v) is 20.3. The van der Waals surface area contributed by atoms with E-state index in [0.717, 1.165) is 22.6 Å². The number of aryl methyl sites for hydroxylation is 2. The van der Waals surface area contributed by atoms with Gasteiger partial charge in [0.05, 0.1) is 24.3 Å². The van der Waals surface area contributed by atoms with E-state index in [2.05, 4.69) is 16.4 Å². The Morgan fingerprint density at radius 2 is 1.81 bits per heavy atom. The third-order valence-electron chi connectivity index (χ3n) is 4.33. The van der Waals surface area contributed by atoms with Crippen LogP contribution in [0, 0.1) is 32.1 Å². The summed E-state index contributed by atoms with van der Waals surface area (Å²) in [7, 11) is 0. The number of amides is 1. The molecule has 2 rings (SSSR count). The summed E-state index contributed by atoms with van der Waals surface area (Å²) in [6.07, 6.45) is 0.123. The number of hydrogen-bond acceptors (Lipinski definition) is 9. The Morgan fingerprint density at radius 3 is 2.44 bits per heavy atom. The van der Waals surface area contributed by atoms with Crippen LogP contribution in [0.2, 0.25) is 0 Å². The van der Waals surface area contributed by atoms with Crippen molar-refractivity contribution >= 4 is 45.9 Å². The van der Waals surface area contributed by atoms with Crippen LogP contribution in [0.3, 0.4) is 0 Å². The maximum absolute atomic E-state index is 12.6. The van der Waals surface area contributed by atoms with Gasteiger partial charge in [0.15, 0.2) is 0 Å². The summed E-state index contributed by atoms with van der Waals surface area (Å²) in [5.41, 5.74) is 2.71. The molecule has 0 spiro atoms. The van der Waals surface area contributed by atoms with E-state index in [0.29, 0.717) is 21.9 Å². The molecule has 0 saturated heterocycles. The summed E-state index contributed by atoms with van der Waals surface area (Å²) in [6.45, 7) is 9.05. The molecule has 0 aliphatic heterocycles. The first-order valence-electron chi connectivity index (χ1n) is 10.0. The molecule has 2 aromatic rings. The van der Waals surface area contributed by atoms with Crippen LogP contribution in [0.25, 0.3) is 0 Å². The van der Waals surface area contributed by atoms with Gasteiger partial charge in [-0.2, -0.15) is 5.26 Å². The first-order chi connectivity index (χ1) is 15.2. The fourth-order valence-corrected chi connectivity index (χ4v) is 5.06. The Morgan fingerprint density at radius 1 is 1.16 bits per heavy atom. The average Bonchev–Trinajstić information content (AvgIpc) is 3.04. The van der Waals surface area contributed by atoms with Gasteiger partial charge in [-0.25, -0.2) is 14.6 Å². The number of anilines is 1. The smallest absolute Gasteiger partial charge is 0.348 e. The summed E-state index contributed by atoms with van der Waals surface area (Å²) < 4.78 is 10.1. The minimum Gasteiger partial charge on any atom is -0.462 e. The lowest BCUT2D eigenvalue weighted by Crippen LogP contribution is -2.15. The number of rotatable bonds is 9. The van der Waals surface area contributed by atoms with Crippen molar-refractivity contribution in [3.05, 3.63) is 38.9 Å². The second-order valence-corrected chi connectivity index (χ2v) is 8.82. The summed E-state index contributed by atoms with van der Waals surface area (Å²) in [5, 5.41) is 12.9. The second kappa shape index (κ2) is 11.6. The molecule has 1 N–H and O–H groups in total. The maximum atomic E-state index is 12.6. The van der Waals surface area contributed by atoms with Crippen LogP contribution in [0.4, 0.5) is 5.00 Å². The van der Waals surface area contributed by atoms with E-state index < -0.39 is 11.9 Å². The van der Waals surface area contributed by atoms with Crippen molar-refractivity contribution < 1.29 is 23.9 Å². The fraction of sp³-hybridized carbons (Fsp3) is 0.409. The van der Waals surface area contributed by atoms with Gasteiger partial charge < -0.3 is 14.8 Å². The van der Waals surface area contributed by atoms with Gasteiger partial charge in [-0.1, -0.05) is 0 Å². The number of esters is 2. The van der Waals surface area contributed by atoms with E-state index >= 15 is 0 Å². The van der Waals surface area contributed by atoms with Gasteiger partial charge in [-0.05, 0) is 51.8 Å². The highest BCUT2D eigenvalue weighted by molar-refractivity contribution is 7.99. The van der Waals surface area contributed by atoms with Crippen LogP contribution >= 0.6 is 23.1 Å². The van der Waals surface area contributed by atoms with Crippen LogP contribution in [-0.4, -0.2) is 41.8 Å². The van der Waals surface area contributed by atoms with Crippen molar-refractivity contribution in [3.8, 4) is 6.07 Å². The Balaban J connectivity index is 2.15. The van der Waals surface area contributed by atoms with Gasteiger partial charge in [0, 0.05) is 17.9 Å². The number of ether oxygens (including phenoxy) is 2. The Labute approximate surface area is 195 Å². The van der Waals surface area contributed by atoms with Crippen LogP contribution in [-0.2, 0) is 14.3 Å². The molecule has 0 fully saturated rings. The highest BCUT2D eigenvalue weighted by atomic mass is 32.2. The third kappa shape index (κ3) is 6.08. The Kier molecular flexibility index (Phi) is 9.23. The van der Waals surface area contributed by atoms with Crippen molar-refractivity contribution in [3.63, 3.8) is 0 Å². The van der Waals surface area contributed by atoms with Crippen LogP contribution in [0.5, 0.6) is 0 Å². The molecule has 170 valence electrons. The van der Waals surface area contributed by atoms with E-state index in [4.69, 9.17) is 9.47 Å². The van der Waals surface area contributed by atoms with E-state index in [-0.39, 0.29) is 41.0 Å². The van der Waals surface area contributed by atoms with E-state index in [1.807, 2.05) is 19.9 Å². The van der Waals surface area contributed by atoms with E-state index in [1.54, 1.807) is 20.8 Å². The molecular formula is C22H25N3O5S2. The molecule has 2 heterocycles. The van der Waals surface area contributed by atoms with Gasteiger partial charge in [-0.15, -0.1) is 23.1 Å². The number of aromatic nitrogens is 1. The summed E-state index contributed by atoms with van der Waals surface area (Å²) >= 11 is 2.31. The van der Waals surface area contributed by atoms with Crippen molar-refractivity contribution in [1.29, 1.82) is 5.26 Å². The van der Waals surface area contributed by atoms with Crippen molar-refractivity contribution in [2.45, 2.75) is 46.1 Å². The normalized spacial score (nSPS) is 10.4. The topological polar surface area (TPSA) is 118 Å². The monoisotopic (exact) mass is 475 g/mol. The lowest BCUT2D eigenvalue weighted by molar-refractivity contribution is -0.115. The molecule has 0 radical (unpaired) electrons. The molecule has 0 aliphatic carbocycles. The Bertz CT molecular complexity index is 1070. The van der Waals surface area contributed by atoms with Crippen molar-refractivity contribution in [1.82, 2.24) is 4.98 Å². The molecule has 8 nitrogen and oxygen atoms in total. The summed E-state index contributed by atoms with van der Waals surface area (Å²) in [6, 6.07) is 3.99. The largest absolute Gasteiger partial charge is 0.462 e. The van der Waals surface area contributed by atoms with Gasteiger partial charge in [0.1, 0.15) is 21.0 Å². The molecule has 1 amide bonds. The molecule has 0 bridgehead atoms. The number of thioether (sulfide) groups is 1. The molecule has 0 aliphatic rings. The third-order valence-corrected chi connectivity index (χ3v) is 6.50. The first-order valence-corrected chi connectivity index (χ1v) is 11.8. The van der Waals surface area contributed by atoms with Crippen molar-refractivity contribution in [2.24, 2.45) is 0 Å². The summed E-state index contributed by atoms with van der Waals surface area (Å²) in [5.74, 6) is -1.11. The average molecular weight is 476 g/mol. The quantitative estimate of drug-likeness (QED) is 0.418. The SMILES string of the molecule is CCOC(=O)c1sc(NC(=O)CCSc2nc(C)cc(C)c2C#N)c(C(=O)OCC)c1C. The number of carbonyl (C=O) groups excluding carboxylic acids is 3. The number of pyridine rings is 1. The van der Waals surface area contributed by atoms with Crippen LogP contribution in [0.15, 0.2) is 11.1 Å². The van der Waals surface area contributed by atoms with Crippen molar-refractivity contribution in [2.75, 3.05) is 24.3 Å². The molecule has 10 heteroatoms. The molecule has 0 saturated carbocycles. The number of thiophene rings is 1. The standard InChI is InChI=1S/C22H25N3O5S2/c1-6-29-21(27)17-14(5)18(22(28)30-7-2)32-20(17)25-16(26)8-9-31-19-15(11-23)12(3)10-13(4)24-19/h10H,6-9H2,1-5H3,(H,25,26). The minimum atomic E-state index is -0.612. The fourth-order valence-electron chi connectivity index (χ4n) is 2.91. The van der Waals surface area contributed by atoms with Crippen LogP contribution < -0.4 is 5.32 Å². The van der Waals surface area contributed by atoms with E-state index in [9.17, 15) is 19.6 Å². The first kappa shape index (κ1) is 25.4. The number of hydrogen-bond donors (Lipinski definition) is 1. The molecular weight excluding hydrogens is 450 g/mol. The zero-order chi connectivity index (χ0) is 23.8. The number of nitrogens with zero attached hydrogens (tertiary/aromatic N) is 2. The number of carbonyl (C=O) groups is 3. The molecule has 32 heavy (non-hydrogen) atoms. The lowest BCUT2D eigenvalue weighted by atomic mass is 10.1. The highest BCUT2D eigenvalue weighted by Crippen LogP contribution is 2.34. The van der Waals surface area contributed by atoms with Gasteiger partial charge in [-0.3, -0.25) is 4.79 Å². The molecule has 0 aromatic carbocycles. The second-order valence-electron chi connectivity index (χ2n) is 6.72. The number of nitrogens with one attached hydrogen (secondary N) is 1. The predicted molar refractivity (Wildman–Crippen MR) is 123 cm³/mol. The minimum absolute atomic E-state index is 0.123. The molecule has 2 aromatic heterocycles.